The third-order valence-corrected chi connectivity index (χ3v) is 10.2. The van der Waals surface area contributed by atoms with Gasteiger partial charge in [-0.3, -0.25) is 9.59 Å². The Morgan fingerprint density at radius 1 is 1.12 bits per heavy atom. The van der Waals surface area contributed by atoms with Crippen molar-refractivity contribution in [2.75, 3.05) is 6.61 Å². The molecule has 1 amide bonds. The van der Waals surface area contributed by atoms with Crippen LogP contribution in [0.5, 0.6) is 0 Å². The minimum absolute atomic E-state index is 0.00240. The van der Waals surface area contributed by atoms with E-state index in [0.717, 1.165) is 32.1 Å². The standard InChI is InChI=1S/C28H49NO5/c1-17(7-10-24(33)34-26(2,3)4)19-8-9-20-25-21(11-13-28(19,20)6)27(5,14-12-23(29)32)18(16-30)15-22(25)31/h17-22,25,30-31H,7-16H2,1-6H3,(H2,29,32)/t17-,18-,19?,20?,21+,22?,25?,27+,28?/m1/s1. The van der Waals surface area contributed by atoms with Crippen LogP contribution < -0.4 is 5.73 Å². The molecule has 4 N–H and O–H groups in total. The zero-order valence-electron chi connectivity index (χ0n) is 22.3. The Kier molecular flexibility index (Phi) is 8.14. The number of nitrogens with two attached hydrogens (primary N) is 1. The van der Waals surface area contributed by atoms with E-state index in [1.165, 1.54) is 0 Å². The number of esters is 1. The van der Waals surface area contributed by atoms with E-state index in [1.807, 2.05) is 20.8 Å². The van der Waals surface area contributed by atoms with Crippen LogP contribution in [0.2, 0.25) is 0 Å². The maximum absolute atomic E-state index is 12.3. The van der Waals surface area contributed by atoms with E-state index in [2.05, 4.69) is 20.8 Å². The first-order valence-electron chi connectivity index (χ1n) is 13.5. The van der Waals surface area contributed by atoms with Gasteiger partial charge < -0.3 is 20.7 Å². The van der Waals surface area contributed by atoms with Crippen molar-refractivity contribution >= 4 is 11.9 Å². The molecule has 3 saturated carbocycles. The van der Waals surface area contributed by atoms with Crippen LogP contribution in [-0.4, -0.2) is 40.4 Å². The molecule has 6 heteroatoms. The topological polar surface area (TPSA) is 110 Å². The fraction of sp³-hybridized carbons (Fsp3) is 0.929. The van der Waals surface area contributed by atoms with Crippen molar-refractivity contribution in [2.45, 2.75) is 111 Å². The largest absolute Gasteiger partial charge is 0.460 e. The zero-order valence-corrected chi connectivity index (χ0v) is 22.3. The Morgan fingerprint density at radius 2 is 1.79 bits per heavy atom. The van der Waals surface area contributed by atoms with E-state index in [-0.39, 0.29) is 41.1 Å². The van der Waals surface area contributed by atoms with Gasteiger partial charge in [0.1, 0.15) is 5.60 Å². The number of amides is 1. The smallest absolute Gasteiger partial charge is 0.306 e. The van der Waals surface area contributed by atoms with Crippen molar-refractivity contribution in [3.63, 3.8) is 0 Å². The summed E-state index contributed by atoms with van der Waals surface area (Å²) >= 11 is 0. The number of aliphatic hydroxyl groups is 2. The summed E-state index contributed by atoms with van der Waals surface area (Å²) < 4.78 is 5.53. The van der Waals surface area contributed by atoms with Crippen molar-refractivity contribution in [1.29, 1.82) is 0 Å². The van der Waals surface area contributed by atoms with Gasteiger partial charge in [0.05, 0.1) is 6.10 Å². The normalized spacial score (nSPS) is 40.8. The molecule has 0 aromatic rings. The number of fused-ring (bicyclic) bond motifs is 3. The van der Waals surface area contributed by atoms with Crippen LogP contribution in [0.15, 0.2) is 0 Å². The van der Waals surface area contributed by atoms with Gasteiger partial charge in [-0.15, -0.1) is 0 Å². The Hall–Kier alpha value is -1.14. The number of carbonyl (C=O) groups excluding carboxylic acids is 2. The average Bonchev–Trinajstić information content (AvgIpc) is 3.08. The predicted octanol–water partition coefficient (Wildman–Crippen LogP) is 4.45. The van der Waals surface area contributed by atoms with Crippen LogP contribution >= 0.6 is 0 Å². The summed E-state index contributed by atoms with van der Waals surface area (Å²) in [4.78, 5) is 23.9. The van der Waals surface area contributed by atoms with Crippen LogP contribution in [0.3, 0.4) is 0 Å². The maximum Gasteiger partial charge on any atom is 0.306 e. The lowest BCUT2D eigenvalue weighted by Crippen LogP contribution is -2.58. The highest BCUT2D eigenvalue weighted by atomic mass is 16.6. The van der Waals surface area contributed by atoms with Gasteiger partial charge >= 0.3 is 5.97 Å². The fourth-order valence-electron chi connectivity index (χ4n) is 8.50. The summed E-state index contributed by atoms with van der Waals surface area (Å²) in [7, 11) is 0. The van der Waals surface area contributed by atoms with Gasteiger partial charge in [-0.25, -0.2) is 0 Å². The van der Waals surface area contributed by atoms with Gasteiger partial charge in [0, 0.05) is 19.4 Å². The highest BCUT2D eigenvalue weighted by Gasteiger charge is 2.62. The minimum atomic E-state index is -0.451. The number of carbonyl (C=O) groups is 2. The van der Waals surface area contributed by atoms with Crippen molar-refractivity contribution < 1.29 is 24.5 Å². The van der Waals surface area contributed by atoms with Gasteiger partial charge in [0.25, 0.3) is 0 Å². The summed E-state index contributed by atoms with van der Waals surface area (Å²) in [5.41, 5.74) is 5.02. The average molecular weight is 480 g/mol. The van der Waals surface area contributed by atoms with Crippen LogP contribution in [0.25, 0.3) is 0 Å². The lowest BCUT2D eigenvalue weighted by atomic mass is 9.45. The molecule has 0 heterocycles. The summed E-state index contributed by atoms with van der Waals surface area (Å²) in [5, 5.41) is 21.5. The van der Waals surface area contributed by atoms with E-state index in [1.54, 1.807) is 0 Å². The molecular formula is C28H49NO5. The van der Waals surface area contributed by atoms with Crippen LogP contribution in [0.1, 0.15) is 99.3 Å². The molecule has 3 rings (SSSR count). The van der Waals surface area contributed by atoms with E-state index in [0.29, 0.717) is 49.4 Å². The van der Waals surface area contributed by atoms with Crippen molar-refractivity contribution in [2.24, 2.45) is 52.1 Å². The zero-order chi connectivity index (χ0) is 25.5. The van der Waals surface area contributed by atoms with E-state index in [9.17, 15) is 19.8 Å². The molecule has 9 atom stereocenters. The van der Waals surface area contributed by atoms with Crippen LogP contribution in [-0.2, 0) is 14.3 Å². The molecule has 0 aromatic heterocycles. The minimum Gasteiger partial charge on any atom is -0.460 e. The van der Waals surface area contributed by atoms with E-state index in [4.69, 9.17) is 10.5 Å². The number of ether oxygens (including phenoxy) is 1. The van der Waals surface area contributed by atoms with Crippen molar-refractivity contribution in [3.05, 3.63) is 0 Å². The molecule has 34 heavy (non-hydrogen) atoms. The Morgan fingerprint density at radius 3 is 2.38 bits per heavy atom. The SMILES string of the molecule is C[C@H](CCC(=O)OC(C)(C)C)C1CCC2C3C(O)C[C@H](CO)[C@](C)(CCC(N)=O)[C@H]3CCC21C. The molecule has 0 radical (unpaired) electrons. The molecule has 5 unspecified atom stereocenters. The maximum atomic E-state index is 12.3. The van der Waals surface area contributed by atoms with Crippen molar-refractivity contribution in [1.82, 2.24) is 0 Å². The summed E-state index contributed by atoms with van der Waals surface area (Å²) in [6.07, 6.45) is 6.82. The lowest BCUT2D eigenvalue weighted by molar-refractivity contribution is -0.165. The number of hydrogen-bond donors (Lipinski definition) is 3. The van der Waals surface area contributed by atoms with Crippen molar-refractivity contribution in [3.8, 4) is 0 Å². The molecule has 3 aliphatic rings. The second-order valence-electron chi connectivity index (χ2n) is 13.3. The first kappa shape index (κ1) is 27.4. The highest BCUT2D eigenvalue weighted by Crippen LogP contribution is 2.67. The summed E-state index contributed by atoms with van der Waals surface area (Å²) in [5.74, 6) is 1.46. The van der Waals surface area contributed by atoms with Crippen LogP contribution in [0.4, 0.5) is 0 Å². The molecule has 3 aliphatic carbocycles. The molecule has 6 nitrogen and oxygen atoms in total. The Labute approximate surface area is 206 Å². The Balaban J connectivity index is 1.75. The van der Waals surface area contributed by atoms with Gasteiger partial charge in [-0.1, -0.05) is 20.8 Å². The third-order valence-electron chi connectivity index (χ3n) is 10.2. The summed E-state index contributed by atoms with van der Waals surface area (Å²) in [6, 6.07) is 0. The first-order valence-corrected chi connectivity index (χ1v) is 13.5. The van der Waals surface area contributed by atoms with Gasteiger partial charge in [0.2, 0.25) is 5.91 Å². The molecule has 196 valence electrons. The van der Waals surface area contributed by atoms with Gasteiger partial charge in [-0.05, 0) is 112 Å². The second kappa shape index (κ2) is 10.1. The number of aliphatic hydroxyl groups excluding tert-OH is 2. The summed E-state index contributed by atoms with van der Waals surface area (Å²) in [6.45, 7) is 12.7. The lowest BCUT2D eigenvalue weighted by Gasteiger charge is -2.60. The molecule has 0 bridgehead atoms. The molecule has 0 saturated heterocycles. The number of primary amides is 1. The fourth-order valence-corrected chi connectivity index (χ4v) is 8.50. The molecule has 0 aliphatic heterocycles. The molecular weight excluding hydrogens is 430 g/mol. The second-order valence-corrected chi connectivity index (χ2v) is 13.3. The van der Waals surface area contributed by atoms with Gasteiger partial charge in [0.15, 0.2) is 0 Å². The van der Waals surface area contributed by atoms with E-state index < -0.39 is 11.7 Å². The predicted molar refractivity (Wildman–Crippen MR) is 133 cm³/mol. The quantitative estimate of drug-likeness (QED) is 0.446. The highest BCUT2D eigenvalue weighted by molar-refractivity contribution is 5.73. The molecule has 0 spiro atoms. The Bertz CT molecular complexity index is 748. The third kappa shape index (κ3) is 5.33. The molecule has 3 fully saturated rings. The van der Waals surface area contributed by atoms with Crippen LogP contribution in [0, 0.1) is 46.3 Å². The monoisotopic (exact) mass is 479 g/mol. The molecule has 0 aromatic carbocycles. The number of rotatable bonds is 8. The van der Waals surface area contributed by atoms with E-state index >= 15 is 0 Å². The first-order chi connectivity index (χ1) is 15.7. The number of hydrogen-bond acceptors (Lipinski definition) is 5. The van der Waals surface area contributed by atoms with Gasteiger partial charge in [-0.2, -0.15) is 0 Å².